The van der Waals surface area contributed by atoms with Gasteiger partial charge in [-0.25, -0.2) is 9.31 Å². The molecule has 4 N–H and O–H groups in total. The fourth-order valence-corrected chi connectivity index (χ4v) is 6.35. The van der Waals surface area contributed by atoms with Crippen LogP contribution in [-0.2, 0) is 4.74 Å². The molecule has 4 aliphatic rings. The second kappa shape index (κ2) is 10.1. The average molecular weight is 544 g/mol. The summed E-state index contributed by atoms with van der Waals surface area (Å²) in [6, 6.07) is 9.65. The van der Waals surface area contributed by atoms with Gasteiger partial charge in [0.25, 0.3) is 5.91 Å². The number of rotatable bonds is 7. The van der Waals surface area contributed by atoms with Crippen molar-refractivity contribution in [3.05, 3.63) is 47.8 Å². The van der Waals surface area contributed by atoms with E-state index in [4.69, 9.17) is 0 Å². The van der Waals surface area contributed by atoms with Crippen LogP contribution in [0, 0.1) is 17.2 Å². The van der Waals surface area contributed by atoms with Crippen molar-refractivity contribution in [3.8, 4) is 17.5 Å². The zero-order chi connectivity index (χ0) is 27.9. The summed E-state index contributed by atoms with van der Waals surface area (Å²) in [5.74, 6) is 0.0708. The minimum atomic E-state index is -0.560. The first-order chi connectivity index (χ1) is 19.3. The highest BCUT2D eigenvalue weighted by Crippen LogP contribution is 2.48. The van der Waals surface area contributed by atoms with E-state index < -0.39 is 11.7 Å². The standard InChI is InChI=1S/C29H33N7O4/c1-40-27(38)34-20-10-18(11-20)15-32-26(37)22-17-31-24(25-3-2-21-12-19(14-30)16-33-36(21)25)13-23(22)35-28-4-7-29(39,8-5-28)9-6-28/h2-3,12-13,16-18,20,39H,4-11,15H2,1H3,(H,31,35)(H,32,37)(H,34,38)/t18-,20-,28?,29?. The van der Waals surface area contributed by atoms with Crippen LogP contribution in [0.4, 0.5) is 10.5 Å². The van der Waals surface area contributed by atoms with E-state index in [2.05, 4.69) is 36.8 Å². The molecule has 0 spiro atoms. The molecule has 4 saturated carbocycles. The van der Waals surface area contributed by atoms with Crippen molar-refractivity contribution in [3.63, 3.8) is 0 Å². The van der Waals surface area contributed by atoms with Gasteiger partial charge in [0, 0.05) is 24.3 Å². The maximum absolute atomic E-state index is 13.4. The molecule has 4 aliphatic carbocycles. The van der Waals surface area contributed by atoms with Crippen LogP contribution in [0.2, 0.25) is 0 Å². The lowest BCUT2D eigenvalue weighted by Gasteiger charge is -2.51. The second-order valence-electron chi connectivity index (χ2n) is 11.5. The van der Waals surface area contributed by atoms with Gasteiger partial charge in [-0.15, -0.1) is 0 Å². The highest BCUT2D eigenvalue weighted by molar-refractivity contribution is 6.00. The third-order valence-corrected chi connectivity index (χ3v) is 8.94. The van der Waals surface area contributed by atoms with E-state index in [0.717, 1.165) is 62.6 Å². The van der Waals surface area contributed by atoms with E-state index >= 15 is 0 Å². The molecule has 4 fully saturated rings. The quantitative estimate of drug-likeness (QED) is 0.354. The Labute approximate surface area is 231 Å². The summed E-state index contributed by atoms with van der Waals surface area (Å²) in [7, 11) is 1.34. The van der Waals surface area contributed by atoms with E-state index in [-0.39, 0.29) is 23.4 Å². The van der Waals surface area contributed by atoms with Gasteiger partial charge in [0.05, 0.1) is 52.6 Å². The fourth-order valence-electron chi connectivity index (χ4n) is 6.35. The highest BCUT2D eigenvalue weighted by Gasteiger charge is 2.48. The number of amides is 2. The van der Waals surface area contributed by atoms with Crippen molar-refractivity contribution >= 4 is 23.2 Å². The van der Waals surface area contributed by atoms with Gasteiger partial charge in [0.1, 0.15) is 6.07 Å². The monoisotopic (exact) mass is 543 g/mol. The van der Waals surface area contributed by atoms with Crippen molar-refractivity contribution in [2.24, 2.45) is 5.92 Å². The average Bonchev–Trinajstić information content (AvgIpc) is 3.38. The molecule has 0 saturated heterocycles. The van der Waals surface area contributed by atoms with E-state index in [1.165, 1.54) is 13.3 Å². The number of carbonyl (C=O) groups excluding carboxylic acids is 2. The predicted octanol–water partition coefficient (Wildman–Crippen LogP) is 3.38. The lowest BCUT2D eigenvalue weighted by Crippen LogP contribution is -2.54. The van der Waals surface area contributed by atoms with Crippen LogP contribution in [0.15, 0.2) is 36.7 Å². The molecule has 0 atom stereocenters. The number of hydrogen-bond acceptors (Lipinski definition) is 8. The first-order valence-corrected chi connectivity index (χ1v) is 13.8. The van der Waals surface area contributed by atoms with Gasteiger partial charge in [-0.05, 0) is 81.5 Å². The molecule has 11 heteroatoms. The van der Waals surface area contributed by atoms with Crippen molar-refractivity contribution in [2.75, 3.05) is 19.0 Å². The fraction of sp³-hybridized carbons (Fsp3) is 0.483. The predicted molar refractivity (Wildman–Crippen MR) is 147 cm³/mol. The van der Waals surface area contributed by atoms with E-state index in [0.29, 0.717) is 29.1 Å². The number of pyridine rings is 1. The molecule has 11 nitrogen and oxygen atoms in total. The number of methoxy groups -OCH3 is 1. The van der Waals surface area contributed by atoms with E-state index in [1.807, 2.05) is 18.2 Å². The van der Waals surface area contributed by atoms with Gasteiger partial charge in [-0.1, -0.05) is 0 Å². The van der Waals surface area contributed by atoms with E-state index in [9.17, 15) is 20.0 Å². The molecule has 0 unspecified atom stereocenters. The topological polar surface area (TPSA) is 154 Å². The Morgan fingerprint density at radius 2 is 1.90 bits per heavy atom. The molecular formula is C29H33N7O4. The molecule has 3 aromatic rings. The first-order valence-electron chi connectivity index (χ1n) is 13.8. The number of anilines is 1. The summed E-state index contributed by atoms with van der Waals surface area (Å²) < 4.78 is 6.39. The Morgan fingerprint density at radius 3 is 2.60 bits per heavy atom. The van der Waals surface area contributed by atoms with Crippen LogP contribution >= 0.6 is 0 Å². The molecule has 0 aliphatic heterocycles. The Morgan fingerprint density at radius 1 is 1.15 bits per heavy atom. The number of aromatic nitrogens is 3. The molecule has 40 heavy (non-hydrogen) atoms. The molecule has 7 rings (SSSR count). The molecule has 3 aromatic heterocycles. The van der Waals surface area contributed by atoms with Crippen LogP contribution < -0.4 is 16.0 Å². The number of fused-ring (bicyclic) bond motifs is 4. The van der Waals surface area contributed by atoms with Gasteiger partial charge < -0.3 is 25.8 Å². The highest BCUT2D eigenvalue weighted by atomic mass is 16.5. The summed E-state index contributed by atoms with van der Waals surface area (Å²) in [5.41, 5.74) is 3.11. The lowest BCUT2D eigenvalue weighted by atomic mass is 9.63. The summed E-state index contributed by atoms with van der Waals surface area (Å²) in [6.45, 7) is 0.506. The van der Waals surface area contributed by atoms with Crippen LogP contribution in [0.5, 0.6) is 0 Å². The summed E-state index contributed by atoms with van der Waals surface area (Å²) >= 11 is 0. The minimum Gasteiger partial charge on any atom is -0.453 e. The number of alkyl carbamates (subject to hydrolysis) is 1. The van der Waals surface area contributed by atoms with Crippen LogP contribution in [-0.4, -0.2) is 62.5 Å². The number of nitrogens with zero attached hydrogens (tertiary/aromatic N) is 4. The number of nitrogens with one attached hydrogen (secondary N) is 3. The molecule has 3 heterocycles. The molecule has 208 valence electrons. The number of hydrogen-bond donors (Lipinski definition) is 4. The zero-order valence-electron chi connectivity index (χ0n) is 22.4. The third-order valence-electron chi connectivity index (χ3n) is 8.94. The van der Waals surface area contributed by atoms with Gasteiger partial charge in [-0.2, -0.15) is 10.4 Å². The summed E-state index contributed by atoms with van der Waals surface area (Å²) in [4.78, 5) is 29.5. The molecule has 0 aromatic carbocycles. The number of aliphatic hydroxyl groups is 1. The van der Waals surface area contributed by atoms with Crippen LogP contribution in [0.25, 0.3) is 16.9 Å². The SMILES string of the molecule is COC(=O)N[C@H]1C[C@H](CNC(=O)c2cnc(-c3ccc4cc(C#N)cnn34)cc2NC23CCC(O)(CC2)CC3)C1. The first kappa shape index (κ1) is 26.1. The van der Waals surface area contributed by atoms with Crippen molar-refractivity contribution in [1.82, 2.24) is 25.2 Å². The Hall–Kier alpha value is -4.17. The zero-order valence-corrected chi connectivity index (χ0v) is 22.4. The van der Waals surface area contributed by atoms with Crippen LogP contribution in [0.3, 0.4) is 0 Å². The smallest absolute Gasteiger partial charge is 0.407 e. The largest absolute Gasteiger partial charge is 0.453 e. The van der Waals surface area contributed by atoms with E-state index in [1.54, 1.807) is 16.8 Å². The lowest BCUT2D eigenvalue weighted by molar-refractivity contribution is -0.0580. The number of ether oxygens (including phenoxy) is 1. The van der Waals surface area contributed by atoms with Gasteiger partial charge in [-0.3, -0.25) is 9.78 Å². The Balaban J connectivity index is 1.24. The number of nitriles is 1. The normalized spacial score (nSPS) is 26.9. The summed E-state index contributed by atoms with van der Waals surface area (Å²) in [6.07, 6.45) is 9.02. The van der Waals surface area contributed by atoms with Gasteiger partial charge >= 0.3 is 6.09 Å². The van der Waals surface area contributed by atoms with Crippen molar-refractivity contribution in [1.29, 1.82) is 5.26 Å². The van der Waals surface area contributed by atoms with Gasteiger partial charge in [0.15, 0.2) is 0 Å². The van der Waals surface area contributed by atoms with Crippen LogP contribution in [0.1, 0.15) is 67.3 Å². The van der Waals surface area contributed by atoms with Crippen molar-refractivity contribution < 1.29 is 19.4 Å². The third kappa shape index (κ3) is 4.95. The minimum absolute atomic E-state index is 0.0672. The second-order valence-corrected chi connectivity index (χ2v) is 11.5. The van der Waals surface area contributed by atoms with Gasteiger partial charge in [0.2, 0.25) is 0 Å². The van der Waals surface area contributed by atoms with Crippen molar-refractivity contribution in [2.45, 2.75) is 68.5 Å². The molecule has 2 amide bonds. The number of carbonyl (C=O) groups is 2. The molecule has 2 bridgehead atoms. The molecular weight excluding hydrogens is 510 g/mol. The molecule has 0 radical (unpaired) electrons. The Kier molecular flexibility index (Phi) is 6.58. The maximum Gasteiger partial charge on any atom is 0.407 e. The maximum atomic E-state index is 13.4. The Bertz CT molecular complexity index is 1480. The summed E-state index contributed by atoms with van der Waals surface area (Å²) in [5, 5.41) is 33.9.